The van der Waals surface area contributed by atoms with E-state index in [9.17, 15) is 18.8 Å². The molecule has 0 radical (unpaired) electrons. The van der Waals surface area contributed by atoms with E-state index in [4.69, 9.17) is 4.74 Å². The fourth-order valence-corrected chi connectivity index (χ4v) is 5.75. The second-order valence-electron chi connectivity index (χ2n) is 9.51. The van der Waals surface area contributed by atoms with Gasteiger partial charge in [0.05, 0.1) is 21.5 Å². The Morgan fingerprint density at radius 1 is 0.951 bits per heavy atom. The monoisotopic (exact) mass is 569 g/mol. The van der Waals surface area contributed by atoms with Crippen LogP contribution in [-0.2, 0) is 11.2 Å². The summed E-state index contributed by atoms with van der Waals surface area (Å²) in [6, 6.07) is 14.3. The van der Waals surface area contributed by atoms with E-state index >= 15 is 4.39 Å². The van der Waals surface area contributed by atoms with E-state index in [1.54, 1.807) is 18.3 Å². The van der Waals surface area contributed by atoms with Crippen LogP contribution in [0.25, 0.3) is 21.5 Å². The second-order valence-corrected chi connectivity index (χ2v) is 10.6. The maximum absolute atomic E-state index is 15.1. The molecule has 2 aromatic carbocycles. The second kappa shape index (κ2) is 11.0. The Bertz CT molecular complexity index is 1910. The highest BCUT2D eigenvalue weighted by atomic mass is 32.1. The predicted octanol–water partition coefficient (Wildman–Crippen LogP) is 6.47. The number of benzene rings is 2. The Morgan fingerprint density at radius 3 is 2.54 bits per heavy atom. The number of hydrogen-bond donors (Lipinski definition) is 0. The predicted molar refractivity (Wildman–Crippen MR) is 151 cm³/mol. The molecule has 0 spiro atoms. The largest absolute Gasteiger partial charge is 0.453 e. The first-order valence-electron chi connectivity index (χ1n) is 12.8. The van der Waals surface area contributed by atoms with E-state index in [0.29, 0.717) is 41.8 Å². The maximum Gasteiger partial charge on any atom is 0.282 e. The molecule has 41 heavy (non-hydrogen) atoms. The summed E-state index contributed by atoms with van der Waals surface area (Å²) in [5.74, 6) is -0.993. The number of nitrogens with zero attached hydrogens (tertiary/aromatic N) is 3. The van der Waals surface area contributed by atoms with Gasteiger partial charge in [-0.15, -0.1) is 11.3 Å². The minimum atomic E-state index is -0.663. The Balaban J connectivity index is 1.21. The van der Waals surface area contributed by atoms with Gasteiger partial charge in [0.25, 0.3) is 5.56 Å². The Labute approximate surface area is 236 Å². The van der Waals surface area contributed by atoms with E-state index in [0.717, 1.165) is 19.8 Å². The van der Waals surface area contributed by atoms with Gasteiger partial charge >= 0.3 is 0 Å². The van der Waals surface area contributed by atoms with Crippen LogP contribution in [0.2, 0.25) is 0 Å². The molecule has 6 rings (SSSR count). The number of Topliss-reactive ketones (excluding diaryl/α,β-unsaturated/α-hetero) is 2. The molecule has 0 N–H and O–H groups in total. The lowest BCUT2D eigenvalue weighted by molar-refractivity contribution is -0.118. The SMILES string of the molecule is O=C1CC=C(c2cc3nccc(Oc4ccc(CC(=O)c5ccnn(-c6ccc(F)cc6)c5=O)cc4F)c3s2)CC1. The number of rotatable bonds is 7. The van der Waals surface area contributed by atoms with Crippen LogP contribution in [0.4, 0.5) is 8.78 Å². The van der Waals surface area contributed by atoms with E-state index in [1.807, 2.05) is 12.1 Å². The van der Waals surface area contributed by atoms with E-state index in [2.05, 4.69) is 10.1 Å². The summed E-state index contributed by atoms with van der Waals surface area (Å²) in [6.45, 7) is 0. The number of carbonyl (C=O) groups excluding carboxylic acids is 2. The molecule has 10 heteroatoms. The van der Waals surface area contributed by atoms with Gasteiger partial charge in [0.2, 0.25) is 0 Å². The van der Waals surface area contributed by atoms with Gasteiger partial charge in [-0.2, -0.15) is 9.78 Å². The van der Waals surface area contributed by atoms with Crippen LogP contribution in [0.15, 0.2) is 83.9 Å². The first kappa shape index (κ1) is 26.4. The van der Waals surface area contributed by atoms with Crippen LogP contribution < -0.4 is 10.3 Å². The molecule has 0 fully saturated rings. The highest BCUT2D eigenvalue weighted by Gasteiger charge is 2.19. The van der Waals surface area contributed by atoms with Crippen LogP contribution in [0.1, 0.15) is 40.1 Å². The lowest BCUT2D eigenvalue weighted by Crippen LogP contribution is -2.27. The van der Waals surface area contributed by atoms with Crippen molar-refractivity contribution in [1.29, 1.82) is 0 Å². The van der Waals surface area contributed by atoms with Gasteiger partial charge in [-0.1, -0.05) is 12.1 Å². The third kappa shape index (κ3) is 5.46. The highest BCUT2D eigenvalue weighted by molar-refractivity contribution is 7.20. The molecular weight excluding hydrogens is 548 g/mol. The number of thiophene rings is 1. The summed E-state index contributed by atoms with van der Waals surface area (Å²) < 4.78 is 36.1. The van der Waals surface area contributed by atoms with Crippen LogP contribution in [0, 0.1) is 11.6 Å². The number of fused-ring (bicyclic) bond motifs is 1. The molecular formula is C31H21F2N3O4S. The van der Waals surface area contributed by atoms with E-state index in [1.165, 1.54) is 60.0 Å². The van der Waals surface area contributed by atoms with Crippen molar-refractivity contribution in [3.05, 3.63) is 117 Å². The van der Waals surface area contributed by atoms with Crippen molar-refractivity contribution < 1.29 is 23.1 Å². The number of allylic oxidation sites excluding steroid dienone is 2. The molecule has 204 valence electrons. The Kier molecular flexibility index (Phi) is 7.07. The average Bonchev–Trinajstić information content (AvgIpc) is 3.41. The van der Waals surface area contributed by atoms with Gasteiger partial charge in [-0.25, -0.2) is 8.78 Å². The zero-order valence-corrected chi connectivity index (χ0v) is 22.3. The van der Waals surface area contributed by atoms with Crippen LogP contribution >= 0.6 is 11.3 Å². The molecule has 5 aromatic rings. The van der Waals surface area contributed by atoms with Crippen molar-refractivity contribution in [2.75, 3.05) is 0 Å². The third-order valence-electron chi connectivity index (χ3n) is 6.74. The Morgan fingerprint density at radius 2 is 1.78 bits per heavy atom. The number of hydrogen-bond acceptors (Lipinski definition) is 7. The first-order valence-corrected chi connectivity index (χ1v) is 13.6. The maximum atomic E-state index is 15.1. The molecule has 1 aliphatic carbocycles. The molecule has 0 aliphatic heterocycles. The molecule has 0 bridgehead atoms. The first-order chi connectivity index (χ1) is 19.9. The number of aromatic nitrogens is 3. The number of halogens is 2. The smallest absolute Gasteiger partial charge is 0.282 e. The normalized spacial score (nSPS) is 13.3. The molecule has 0 saturated heterocycles. The highest BCUT2D eigenvalue weighted by Crippen LogP contribution is 2.39. The number of carbonyl (C=O) groups is 2. The van der Waals surface area contributed by atoms with Crippen molar-refractivity contribution in [1.82, 2.24) is 14.8 Å². The van der Waals surface area contributed by atoms with Crippen molar-refractivity contribution in [2.24, 2.45) is 0 Å². The van der Waals surface area contributed by atoms with Crippen molar-refractivity contribution >= 4 is 38.7 Å². The number of pyridine rings is 1. The lowest BCUT2D eigenvalue weighted by Gasteiger charge is -2.10. The van der Waals surface area contributed by atoms with Crippen LogP contribution in [0.5, 0.6) is 11.5 Å². The molecule has 0 atom stereocenters. The zero-order chi connectivity index (χ0) is 28.5. The van der Waals surface area contributed by atoms with E-state index < -0.39 is 23.0 Å². The van der Waals surface area contributed by atoms with Crippen molar-refractivity contribution in [3.8, 4) is 17.2 Å². The third-order valence-corrected chi connectivity index (χ3v) is 7.95. The Hall–Kier alpha value is -4.83. The number of ketones is 2. The fourth-order valence-electron chi connectivity index (χ4n) is 4.62. The lowest BCUT2D eigenvalue weighted by atomic mass is 9.97. The zero-order valence-electron chi connectivity index (χ0n) is 21.5. The van der Waals surface area contributed by atoms with Crippen LogP contribution in [0.3, 0.4) is 0 Å². The minimum Gasteiger partial charge on any atom is -0.453 e. The van der Waals surface area contributed by atoms with Gasteiger partial charge in [0.1, 0.15) is 17.3 Å². The topological polar surface area (TPSA) is 91.2 Å². The minimum absolute atomic E-state index is 0.0197. The molecule has 1 aliphatic rings. The summed E-state index contributed by atoms with van der Waals surface area (Å²) in [4.78, 5) is 42.9. The van der Waals surface area contributed by atoms with Crippen molar-refractivity contribution in [2.45, 2.75) is 25.7 Å². The summed E-state index contributed by atoms with van der Waals surface area (Å²) in [5, 5.41) is 3.98. The van der Waals surface area contributed by atoms with Gasteiger partial charge in [-0.05, 0) is 66.1 Å². The molecule has 3 aromatic heterocycles. The quantitative estimate of drug-likeness (QED) is 0.209. The summed E-state index contributed by atoms with van der Waals surface area (Å²) in [5.41, 5.74) is 1.71. The molecule has 0 amide bonds. The van der Waals surface area contributed by atoms with E-state index in [-0.39, 0.29) is 23.5 Å². The summed E-state index contributed by atoms with van der Waals surface area (Å²) in [6.07, 6.45) is 6.24. The van der Waals surface area contributed by atoms with Gasteiger partial charge in [-0.3, -0.25) is 19.4 Å². The fraction of sp³-hybridized carbons (Fsp3) is 0.129. The molecule has 3 heterocycles. The van der Waals surface area contributed by atoms with Crippen molar-refractivity contribution in [3.63, 3.8) is 0 Å². The average molecular weight is 570 g/mol. The summed E-state index contributed by atoms with van der Waals surface area (Å²) >= 11 is 1.48. The molecule has 7 nitrogen and oxygen atoms in total. The number of ether oxygens (including phenoxy) is 1. The molecule has 0 saturated carbocycles. The summed E-state index contributed by atoms with van der Waals surface area (Å²) in [7, 11) is 0. The molecule has 0 unspecified atom stereocenters. The standard InChI is InChI=1S/C31H21F2N3O4S/c32-20-4-6-21(7-5-20)36-31(39)23(11-14-35-36)26(38)16-18-1-10-27(24(33)15-18)40-28-12-13-34-25-17-29(41-30(25)28)19-2-8-22(37)9-3-19/h1-2,4-7,10-15,17H,3,8-9,16H2. The van der Waals surface area contributed by atoms with Crippen LogP contribution in [-0.4, -0.2) is 26.3 Å². The van der Waals surface area contributed by atoms with Gasteiger partial charge < -0.3 is 4.74 Å². The van der Waals surface area contributed by atoms with Gasteiger partial charge in [0.15, 0.2) is 17.3 Å². The van der Waals surface area contributed by atoms with Gasteiger partial charge in [0, 0.05) is 42.6 Å².